The van der Waals surface area contributed by atoms with Crippen LogP contribution in [-0.4, -0.2) is 28.9 Å². The zero-order chi connectivity index (χ0) is 18.2. The molecule has 0 saturated carbocycles. The second kappa shape index (κ2) is 6.33. The largest absolute Gasteiger partial charge is 0.464 e. The molecule has 0 bridgehead atoms. The van der Waals surface area contributed by atoms with E-state index in [-0.39, 0.29) is 10.7 Å². The number of hydrogen-bond donors (Lipinski definition) is 1. The van der Waals surface area contributed by atoms with E-state index < -0.39 is 23.2 Å². The van der Waals surface area contributed by atoms with Crippen LogP contribution in [0, 0.1) is 5.82 Å². The number of anilines is 2. The van der Waals surface area contributed by atoms with Gasteiger partial charge in [-0.2, -0.15) is 0 Å². The monoisotopic (exact) mass is 363 g/mol. The molecular formula is C17H15ClFN3O3. The average Bonchev–Trinajstić information content (AvgIpc) is 2.59. The second-order valence-corrected chi connectivity index (χ2v) is 6.00. The maximum Gasteiger partial charge on any atom is 0.282 e. The number of halogens is 2. The van der Waals surface area contributed by atoms with Gasteiger partial charge in [0.15, 0.2) is 11.6 Å². The van der Waals surface area contributed by atoms with E-state index in [4.69, 9.17) is 16.3 Å². The molecule has 1 atom stereocenters. The Balaban J connectivity index is 1.93. The first-order chi connectivity index (χ1) is 11.9. The van der Waals surface area contributed by atoms with Crippen molar-refractivity contribution in [3.63, 3.8) is 0 Å². The van der Waals surface area contributed by atoms with Crippen LogP contribution >= 0.6 is 11.6 Å². The van der Waals surface area contributed by atoms with Crippen molar-refractivity contribution in [2.24, 2.45) is 0 Å². The van der Waals surface area contributed by atoms with Crippen LogP contribution in [0.5, 0.6) is 5.75 Å². The highest BCUT2D eigenvalue weighted by Crippen LogP contribution is 2.36. The van der Waals surface area contributed by atoms with Crippen LogP contribution in [0.4, 0.5) is 15.9 Å². The average molecular weight is 364 g/mol. The van der Waals surface area contributed by atoms with Gasteiger partial charge >= 0.3 is 0 Å². The molecule has 25 heavy (non-hydrogen) atoms. The number of fused-ring (bicyclic) bond motifs is 1. The molecule has 0 fully saturated rings. The van der Waals surface area contributed by atoms with E-state index in [0.717, 1.165) is 6.07 Å². The summed E-state index contributed by atoms with van der Waals surface area (Å²) >= 11 is 5.72. The summed E-state index contributed by atoms with van der Waals surface area (Å²) in [5, 5.41) is 2.41. The summed E-state index contributed by atoms with van der Waals surface area (Å²) in [5.41, 5.74) is -1.53. The Morgan fingerprint density at radius 1 is 1.44 bits per heavy atom. The van der Waals surface area contributed by atoms with Crippen LogP contribution < -0.4 is 15.0 Å². The molecule has 1 aromatic carbocycles. The molecule has 1 aliphatic heterocycles. The second-order valence-electron chi connectivity index (χ2n) is 5.59. The summed E-state index contributed by atoms with van der Waals surface area (Å²) in [6.45, 7) is 3.49. The SMILES string of the molecule is CCN1C(=O)[C@@](C)(C(=O)Nc2ccc(F)c(Cl)c2)Oc2cccnc21. The number of amides is 2. The predicted molar refractivity (Wildman–Crippen MR) is 91.3 cm³/mol. The molecule has 0 unspecified atom stereocenters. The molecule has 2 amide bonds. The lowest BCUT2D eigenvalue weighted by Crippen LogP contribution is -2.60. The Morgan fingerprint density at radius 2 is 2.20 bits per heavy atom. The highest BCUT2D eigenvalue weighted by atomic mass is 35.5. The first-order valence-corrected chi connectivity index (χ1v) is 7.97. The van der Waals surface area contributed by atoms with Gasteiger partial charge in [0.05, 0.1) is 5.02 Å². The minimum Gasteiger partial charge on any atom is -0.464 e. The Bertz CT molecular complexity index is 861. The molecular weight excluding hydrogens is 349 g/mol. The molecule has 130 valence electrons. The number of hydrogen-bond acceptors (Lipinski definition) is 4. The number of pyridine rings is 1. The Labute approximate surface area is 148 Å². The van der Waals surface area contributed by atoms with E-state index in [1.54, 1.807) is 25.3 Å². The van der Waals surface area contributed by atoms with Crippen LogP contribution in [0.1, 0.15) is 13.8 Å². The van der Waals surface area contributed by atoms with Crippen molar-refractivity contribution in [3.8, 4) is 5.75 Å². The van der Waals surface area contributed by atoms with Crippen molar-refractivity contribution < 1.29 is 18.7 Å². The van der Waals surface area contributed by atoms with Gasteiger partial charge in [0.25, 0.3) is 17.4 Å². The van der Waals surface area contributed by atoms with Gasteiger partial charge in [0, 0.05) is 18.4 Å². The molecule has 1 aromatic heterocycles. The van der Waals surface area contributed by atoms with E-state index in [0.29, 0.717) is 18.1 Å². The van der Waals surface area contributed by atoms with E-state index in [1.165, 1.54) is 24.0 Å². The number of aromatic nitrogens is 1. The Hall–Kier alpha value is -2.67. The van der Waals surface area contributed by atoms with Gasteiger partial charge in [-0.25, -0.2) is 9.37 Å². The molecule has 0 spiro atoms. The molecule has 0 radical (unpaired) electrons. The summed E-state index contributed by atoms with van der Waals surface area (Å²) in [5.74, 6) is -1.13. The van der Waals surface area contributed by atoms with Crippen molar-refractivity contribution in [1.82, 2.24) is 4.98 Å². The van der Waals surface area contributed by atoms with Crippen molar-refractivity contribution in [2.75, 3.05) is 16.8 Å². The Kier molecular flexibility index (Phi) is 4.34. The van der Waals surface area contributed by atoms with E-state index in [2.05, 4.69) is 10.3 Å². The first kappa shape index (κ1) is 17.2. The third kappa shape index (κ3) is 2.91. The lowest BCUT2D eigenvalue weighted by atomic mass is 10.0. The summed E-state index contributed by atoms with van der Waals surface area (Å²) in [7, 11) is 0. The van der Waals surface area contributed by atoms with Gasteiger partial charge in [-0.15, -0.1) is 0 Å². The maximum absolute atomic E-state index is 13.3. The quantitative estimate of drug-likeness (QED) is 0.851. The van der Waals surface area contributed by atoms with Crippen LogP contribution in [0.3, 0.4) is 0 Å². The summed E-state index contributed by atoms with van der Waals surface area (Å²) in [6, 6.07) is 7.03. The van der Waals surface area contributed by atoms with Crippen molar-refractivity contribution in [3.05, 3.63) is 47.4 Å². The molecule has 2 aromatic rings. The summed E-state index contributed by atoms with van der Waals surface area (Å²) in [6.07, 6.45) is 1.54. The van der Waals surface area contributed by atoms with Gasteiger partial charge in [0.2, 0.25) is 0 Å². The summed E-state index contributed by atoms with van der Waals surface area (Å²) in [4.78, 5) is 31.1. The number of carbonyl (C=O) groups is 2. The van der Waals surface area contributed by atoms with Gasteiger partial charge in [-0.05, 0) is 44.2 Å². The van der Waals surface area contributed by atoms with E-state index in [1.807, 2.05) is 0 Å². The third-order valence-corrected chi connectivity index (χ3v) is 4.19. The number of carbonyl (C=O) groups excluding carboxylic acids is 2. The van der Waals surface area contributed by atoms with Crippen LogP contribution in [0.25, 0.3) is 0 Å². The smallest absolute Gasteiger partial charge is 0.282 e. The topological polar surface area (TPSA) is 71.5 Å². The van der Waals surface area contributed by atoms with Gasteiger partial charge in [-0.3, -0.25) is 14.5 Å². The molecule has 1 aliphatic rings. The predicted octanol–water partition coefficient (Wildman–Crippen LogP) is 3.02. The fourth-order valence-corrected chi connectivity index (χ4v) is 2.72. The fourth-order valence-electron chi connectivity index (χ4n) is 2.54. The van der Waals surface area contributed by atoms with E-state index in [9.17, 15) is 14.0 Å². The highest BCUT2D eigenvalue weighted by Gasteiger charge is 2.50. The Morgan fingerprint density at radius 3 is 2.88 bits per heavy atom. The number of nitrogens with one attached hydrogen (secondary N) is 1. The van der Waals surface area contributed by atoms with Gasteiger partial charge in [-0.1, -0.05) is 11.6 Å². The van der Waals surface area contributed by atoms with Crippen molar-refractivity contribution in [2.45, 2.75) is 19.4 Å². The minimum atomic E-state index is -1.78. The molecule has 2 heterocycles. The molecule has 8 heteroatoms. The fraction of sp³-hybridized carbons (Fsp3) is 0.235. The first-order valence-electron chi connectivity index (χ1n) is 7.59. The molecule has 3 rings (SSSR count). The standard InChI is InChI=1S/C17H15ClFN3O3/c1-3-22-14-13(5-4-8-20-14)25-17(2,16(22)24)15(23)21-10-6-7-12(19)11(18)9-10/h4-9H,3H2,1-2H3,(H,21,23)/t17-/m1/s1. The molecule has 6 nitrogen and oxygen atoms in total. The minimum absolute atomic E-state index is 0.136. The number of benzene rings is 1. The van der Waals surface area contributed by atoms with Crippen LogP contribution in [0.2, 0.25) is 5.02 Å². The molecule has 0 aliphatic carbocycles. The van der Waals surface area contributed by atoms with Crippen LogP contribution in [0.15, 0.2) is 36.5 Å². The number of likely N-dealkylation sites (N-methyl/N-ethyl adjacent to an activating group) is 1. The van der Waals surface area contributed by atoms with Crippen molar-refractivity contribution >= 4 is 34.9 Å². The molecule has 1 N–H and O–H groups in total. The lowest BCUT2D eigenvalue weighted by Gasteiger charge is -2.38. The zero-order valence-corrected chi connectivity index (χ0v) is 14.3. The van der Waals surface area contributed by atoms with Crippen molar-refractivity contribution in [1.29, 1.82) is 0 Å². The number of rotatable bonds is 3. The van der Waals surface area contributed by atoms with E-state index >= 15 is 0 Å². The molecule has 0 saturated heterocycles. The lowest BCUT2D eigenvalue weighted by molar-refractivity contribution is -0.145. The zero-order valence-electron chi connectivity index (χ0n) is 13.5. The van der Waals surface area contributed by atoms with Gasteiger partial charge in [0.1, 0.15) is 5.82 Å². The summed E-state index contributed by atoms with van der Waals surface area (Å²) < 4.78 is 18.9. The van der Waals surface area contributed by atoms with Gasteiger partial charge < -0.3 is 10.1 Å². The number of ether oxygens (including phenoxy) is 1. The number of nitrogens with zero attached hydrogens (tertiary/aromatic N) is 2. The highest BCUT2D eigenvalue weighted by molar-refractivity contribution is 6.31. The van der Waals surface area contributed by atoms with Crippen LogP contribution in [-0.2, 0) is 9.59 Å². The normalized spacial score (nSPS) is 19.2. The third-order valence-electron chi connectivity index (χ3n) is 3.90. The maximum atomic E-state index is 13.3.